The predicted octanol–water partition coefficient (Wildman–Crippen LogP) is 5.99. The summed E-state index contributed by atoms with van der Waals surface area (Å²) in [6, 6.07) is 29.0. The number of rotatable bonds is 9. The number of hydrogen-bond acceptors (Lipinski definition) is 6. The average Bonchev–Trinajstić information content (AvgIpc) is 3.41. The monoisotopic (exact) mass is 597 g/mol. The van der Waals surface area contributed by atoms with E-state index < -0.39 is 6.04 Å². The van der Waals surface area contributed by atoms with Gasteiger partial charge in [0.1, 0.15) is 17.5 Å². The minimum Gasteiger partial charge on any atom is -0.446 e. The van der Waals surface area contributed by atoms with Crippen LogP contribution in [0.4, 0.5) is 0 Å². The summed E-state index contributed by atoms with van der Waals surface area (Å²) < 4.78 is 5.57. The van der Waals surface area contributed by atoms with Gasteiger partial charge in [0.2, 0.25) is 11.8 Å². The second kappa shape index (κ2) is 13.5. The predicted molar refractivity (Wildman–Crippen MR) is 173 cm³/mol. The van der Waals surface area contributed by atoms with E-state index in [0.29, 0.717) is 36.9 Å². The van der Waals surface area contributed by atoms with Crippen LogP contribution < -0.4 is 0 Å². The maximum atomic E-state index is 14.5. The summed E-state index contributed by atoms with van der Waals surface area (Å²) in [6.45, 7) is 4.95. The van der Waals surface area contributed by atoms with E-state index in [4.69, 9.17) is 4.42 Å². The van der Waals surface area contributed by atoms with Gasteiger partial charge in [-0.25, -0.2) is 4.98 Å². The standard InChI is InChI=1S/C37H35N5O3/c1-26-33(39-27(2)45-26)18-19-36(43)42(24-29-14-16-31(17-15-29)34-13-8-21-38-40-34)35(23-28-9-4-3-5-10-28)37(44)41-22-20-30-11-6-7-12-32(30)25-41/h3-19,21,35H,20,22-25H2,1-2H3. The van der Waals surface area contributed by atoms with Crippen LogP contribution in [0.25, 0.3) is 17.3 Å². The zero-order valence-electron chi connectivity index (χ0n) is 25.5. The Morgan fingerprint density at radius 2 is 1.67 bits per heavy atom. The summed E-state index contributed by atoms with van der Waals surface area (Å²) in [5.41, 5.74) is 6.56. The van der Waals surface area contributed by atoms with Crippen LogP contribution in [-0.2, 0) is 35.5 Å². The van der Waals surface area contributed by atoms with Crippen molar-refractivity contribution in [2.75, 3.05) is 6.54 Å². The molecule has 0 radical (unpaired) electrons. The molecule has 226 valence electrons. The maximum Gasteiger partial charge on any atom is 0.247 e. The van der Waals surface area contributed by atoms with Crippen LogP contribution in [0.3, 0.4) is 0 Å². The van der Waals surface area contributed by atoms with Crippen molar-refractivity contribution in [1.29, 1.82) is 0 Å². The summed E-state index contributed by atoms with van der Waals surface area (Å²) in [4.78, 5) is 36.6. The fourth-order valence-electron chi connectivity index (χ4n) is 5.78. The second-order valence-corrected chi connectivity index (χ2v) is 11.3. The third-order valence-corrected chi connectivity index (χ3v) is 8.16. The van der Waals surface area contributed by atoms with Crippen molar-refractivity contribution in [2.24, 2.45) is 0 Å². The molecule has 0 aliphatic carbocycles. The number of carbonyl (C=O) groups is 2. The first kappa shape index (κ1) is 29.7. The van der Waals surface area contributed by atoms with Crippen molar-refractivity contribution < 1.29 is 14.0 Å². The molecule has 0 N–H and O–H groups in total. The number of aryl methyl sites for hydroxylation is 2. The first-order chi connectivity index (χ1) is 21.9. The molecule has 2 aromatic heterocycles. The fraction of sp³-hybridized carbons (Fsp3) is 0.216. The van der Waals surface area contributed by atoms with E-state index in [1.54, 1.807) is 24.1 Å². The molecule has 0 saturated heterocycles. The minimum atomic E-state index is -0.727. The Morgan fingerprint density at radius 3 is 2.38 bits per heavy atom. The summed E-state index contributed by atoms with van der Waals surface area (Å²) in [5, 5.41) is 8.19. The Hall–Kier alpha value is -5.37. The lowest BCUT2D eigenvalue weighted by molar-refractivity contribution is -0.144. The molecule has 1 atom stereocenters. The highest BCUT2D eigenvalue weighted by Crippen LogP contribution is 2.24. The van der Waals surface area contributed by atoms with Gasteiger partial charge in [-0.3, -0.25) is 9.59 Å². The molecule has 45 heavy (non-hydrogen) atoms. The van der Waals surface area contributed by atoms with Crippen LogP contribution in [0, 0.1) is 13.8 Å². The molecule has 1 aliphatic heterocycles. The van der Waals surface area contributed by atoms with Crippen molar-refractivity contribution >= 4 is 17.9 Å². The van der Waals surface area contributed by atoms with Crippen molar-refractivity contribution in [1.82, 2.24) is 25.0 Å². The third-order valence-electron chi connectivity index (χ3n) is 8.16. The number of hydrogen-bond donors (Lipinski definition) is 0. The van der Waals surface area contributed by atoms with E-state index in [0.717, 1.165) is 34.4 Å². The topological polar surface area (TPSA) is 92.4 Å². The minimum absolute atomic E-state index is 0.0697. The van der Waals surface area contributed by atoms with E-state index in [-0.39, 0.29) is 18.4 Å². The van der Waals surface area contributed by atoms with Crippen LogP contribution >= 0.6 is 0 Å². The zero-order valence-corrected chi connectivity index (χ0v) is 25.5. The summed E-state index contributed by atoms with van der Waals surface area (Å²) in [6.07, 6.45) is 5.97. The van der Waals surface area contributed by atoms with E-state index >= 15 is 0 Å². The van der Waals surface area contributed by atoms with Crippen molar-refractivity contribution in [3.63, 3.8) is 0 Å². The molecule has 8 heteroatoms. The first-order valence-electron chi connectivity index (χ1n) is 15.1. The lowest BCUT2D eigenvalue weighted by Gasteiger charge is -2.37. The first-order valence-corrected chi connectivity index (χ1v) is 15.1. The third kappa shape index (κ3) is 7.07. The quantitative estimate of drug-likeness (QED) is 0.194. The molecule has 3 heterocycles. The van der Waals surface area contributed by atoms with Gasteiger partial charge in [0, 0.05) is 50.8 Å². The Morgan fingerprint density at radius 1 is 0.911 bits per heavy atom. The highest BCUT2D eigenvalue weighted by molar-refractivity contribution is 5.95. The lowest BCUT2D eigenvalue weighted by Crippen LogP contribution is -2.52. The molecule has 2 amide bonds. The van der Waals surface area contributed by atoms with Crippen LogP contribution in [0.1, 0.15) is 39.6 Å². The summed E-state index contributed by atoms with van der Waals surface area (Å²) in [7, 11) is 0. The molecule has 0 bridgehead atoms. The Kier molecular flexibility index (Phi) is 8.91. The highest BCUT2D eigenvalue weighted by atomic mass is 16.4. The molecule has 6 rings (SSSR count). The molecule has 0 fully saturated rings. The number of amides is 2. The van der Waals surface area contributed by atoms with E-state index in [1.807, 2.05) is 90.7 Å². The van der Waals surface area contributed by atoms with Gasteiger partial charge < -0.3 is 14.2 Å². The SMILES string of the molecule is Cc1nc(C=CC(=O)N(Cc2ccc(-c3cccnn3)cc2)C(Cc2ccccc2)C(=O)N2CCc3ccccc3C2)c(C)o1. The van der Waals surface area contributed by atoms with Gasteiger partial charge in [-0.1, -0.05) is 78.9 Å². The number of oxazole rings is 1. The van der Waals surface area contributed by atoms with E-state index in [9.17, 15) is 9.59 Å². The number of aromatic nitrogens is 3. The van der Waals surface area contributed by atoms with Gasteiger partial charge in [-0.05, 0) is 53.8 Å². The average molecular weight is 598 g/mol. The van der Waals surface area contributed by atoms with Crippen LogP contribution in [0.15, 0.2) is 108 Å². The zero-order chi connectivity index (χ0) is 31.2. The van der Waals surface area contributed by atoms with Crippen LogP contribution in [-0.4, -0.2) is 49.4 Å². The van der Waals surface area contributed by atoms with Crippen molar-refractivity contribution in [3.05, 3.63) is 143 Å². The smallest absolute Gasteiger partial charge is 0.247 e. The normalized spacial score (nSPS) is 13.4. The molecule has 1 unspecified atom stereocenters. The molecule has 5 aromatic rings. The number of fused-ring (bicyclic) bond motifs is 1. The lowest BCUT2D eigenvalue weighted by atomic mass is 9.97. The van der Waals surface area contributed by atoms with Gasteiger partial charge in [0.05, 0.1) is 5.69 Å². The van der Waals surface area contributed by atoms with Crippen molar-refractivity contribution in [2.45, 2.75) is 45.8 Å². The van der Waals surface area contributed by atoms with Gasteiger partial charge in [0.25, 0.3) is 0 Å². The van der Waals surface area contributed by atoms with Gasteiger partial charge in [-0.2, -0.15) is 10.2 Å². The van der Waals surface area contributed by atoms with E-state index in [1.165, 1.54) is 11.6 Å². The maximum absolute atomic E-state index is 14.5. The fourth-order valence-corrected chi connectivity index (χ4v) is 5.78. The van der Waals surface area contributed by atoms with Gasteiger partial charge in [0.15, 0.2) is 5.89 Å². The largest absolute Gasteiger partial charge is 0.446 e. The molecular weight excluding hydrogens is 562 g/mol. The Labute approximate surface area is 263 Å². The van der Waals surface area contributed by atoms with Gasteiger partial charge in [-0.15, -0.1) is 0 Å². The number of benzene rings is 3. The molecular formula is C37H35N5O3. The van der Waals surface area contributed by atoms with Crippen LogP contribution in [0.2, 0.25) is 0 Å². The second-order valence-electron chi connectivity index (χ2n) is 11.3. The molecule has 1 aliphatic rings. The summed E-state index contributed by atoms with van der Waals surface area (Å²) in [5.74, 6) is 0.813. The Bertz CT molecular complexity index is 1800. The highest BCUT2D eigenvalue weighted by Gasteiger charge is 2.34. The molecule has 8 nitrogen and oxygen atoms in total. The number of nitrogens with zero attached hydrogens (tertiary/aromatic N) is 5. The molecule has 0 saturated carbocycles. The van der Waals surface area contributed by atoms with Crippen molar-refractivity contribution in [3.8, 4) is 11.3 Å². The molecule has 3 aromatic carbocycles. The van der Waals surface area contributed by atoms with Gasteiger partial charge >= 0.3 is 0 Å². The summed E-state index contributed by atoms with van der Waals surface area (Å²) >= 11 is 0. The number of carbonyl (C=O) groups excluding carboxylic acids is 2. The van der Waals surface area contributed by atoms with Crippen LogP contribution in [0.5, 0.6) is 0 Å². The Balaban J connectivity index is 1.35. The van der Waals surface area contributed by atoms with E-state index in [2.05, 4.69) is 27.3 Å². The molecule has 0 spiro atoms.